The lowest BCUT2D eigenvalue weighted by atomic mass is 10.2. The summed E-state index contributed by atoms with van der Waals surface area (Å²) in [5.74, 6) is 0. The number of aryl methyl sites for hydroxylation is 1. The molecule has 0 saturated carbocycles. The maximum atomic E-state index is 9.16. The third kappa shape index (κ3) is 1.73. The lowest BCUT2D eigenvalue weighted by Gasteiger charge is -1.94. The summed E-state index contributed by atoms with van der Waals surface area (Å²) in [5.41, 5.74) is 3.46. The molecule has 3 aromatic rings. The lowest BCUT2D eigenvalue weighted by molar-refractivity contribution is 0.284. The Morgan fingerprint density at radius 2 is 2.29 bits per heavy atom. The Bertz CT molecular complexity index is 672. The average molecular weight is 246 g/mol. The topological polar surface area (TPSA) is 59.2 Å². The second kappa shape index (κ2) is 3.94. The Morgan fingerprint density at radius 1 is 1.41 bits per heavy atom. The highest BCUT2D eigenvalue weighted by atomic mass is 32.1. The standard InChI is InChI=1S/C12H10N2O2S/c1-7-11(5-15)17-12(14-7)8-2-3-9-10(4-8)16-6-13-9/h2-4,6,15H,5H2,1H3. The van der Waals surface area contributed by atoms with Crippen molar-refractivity contribution in [3.63, 3.8) is 0 Å². The first-order chi connectivity index (χ1) is 8.28. The van der Waals surface area contributed by atoms with Crippen LogP contribution in [-0.4, -0.2) is 15.1 Å². The number of aliphatic hydroxyl groups excluding tert-OH is 1. The number of aromatic nitrogens is 2. The molecule has 2 heterocycles. The summed E-state index contributed by atoms with van der Waals surface area (Å²) < 4.78 is 5.26. The lowest BCUT2D eigenvalue weighted by Crippen LogP contribution is -1.80. The van der Waals surface area contributed by atoms with Gasteiger partial charge in [-0.2, -0.15) is 0 Å². The Balaban J connectivity index is 2.12. The van der Waals surface area contributed by atoms with Crippen LogP contribution in [0.15, 0.2) is 29.0 Å². The maximum Gasteiger partial charge on any atom is 0.181 e. The van der Waals surface area contributed by atoms with Gasteiger partial charge in [0.2, 0.25) is 0 Å². The van der Waals surface area contributed by atoms with Gasteiger partial charge in [0.25, 0.3) is 0 Å². The van der Waals surface area contributed by atoms with Crippen LogP contribution in [-0.2, 0) is 6.61 Å². The van der Waals surface area contributed by atoms with Crippen molar-refractivity contribution < 1.29 is 9.52 Å². The predicted molar refractivity (Wildman–Crippen MR) is 65.8 cm³/mol. The predicted octanol–water partition coefficient (Wildman–Crippen LogP) is 2.75. The summed E-state index contributed by atoms with van der Waals surface area (Å²) in [5, 5.41) is 10.1. The molecule has 0 amide bonds. The summed E-state index contributed by atoms with van der Waals surface area (Å²) in [6.07, 6.45) is 1.43. The van der Waals surface area contributed by atoms with Gasteiger partial charge in [0, 0.05) is 5.56 Å². The molecule has 17 heavy (non-hydrogen) atoms. The van der Waals surface area contributed by atoms with E-state index in [0.29, 0.717) is 0 Å². The first kappa shape index (κ1) is 10.4. The number of aliphatic hydroxyl groups is 1. The van der Waals surface area contributed by atoms with Crippen LogP contribution in [0.4, 0.5) is 0 Å². The minimum absolute atomic E-state index is 0.0358. The second-order valence-corrected chi connectivity index (χ2v) is 4.80. The monoisotopic (exact) mass is 246 g/mol. The molecule has 1 aromatic carbocycles. The summed E-state index contributed by atoms with van der Waals surface area (Å²) in [7, 11) is 0. The SMILES string of the molecule is Cc1nc(-c2ccc3ncoc3c2)sc1CO. The van der Waals surface area contributed by atoms with E-state index in [1.807, 2.05) is 25.1 Å². The Hall–Kier alpha value is -1.72. The number of hydrogen-bond donors (Lipinski definition) is 1. The molecule has 0 unspecified atom stereocenters. The van der Waals surface area contributed by atoms with E-state index in [0.717, 1.165) is 32.2 Å². The average Bonchev–Trinajstić information content (AvgIpc) is 2.93. The maximum absolute atomic E-state index is 9.16. The molecule has 86 valence electrons. The number of rotatable bonds is 2. The van der Waals surface area contributed by atoms with Crippen molar-refractivity contribution in [2.45, 2.75) is 13.5 Å². The van der Waals surface area contributed by atoms with Gasteiger partial charge in [-0.05, 0) is 25.1 Å². The normalized spacial score (nSPS) is 11.2. The Kier molecular flexibility index (Phi) is 2.42. The highest BCUT2D eigenvalue weighted by Crippen LogP contribution is 2.29. The van der Waals surface area contributed by atoms with Gasteiger partial charge in [-0.3, -0.25) is 0 Å². The van der Waals surface area contributed by atoms with E-state index in [9.17, 15) is 0 Å². The molecule has 0 saturated heterocycles. The number of oxazole rings is 1. The van der Waals surface area contributed by atoms with Gasteiger partial charge in [0.1, 0.15) is 10.5 Å². The van der Waals surface area contributed by atoms with E-state index < -0.39 is 0 Å². The fraction of sp³-hybridized carbons (Fsp3) is 0.167. The van der Waals surface area contributed by atoms with Crippen molar-refractivity contribution in [1.29, 1.82) is 0 Å². The zero-order valence-corrected chi connectivity index (χ0v) is 9.99. The second-order valence-electron chi connectivity index (χ2n) is 3.72. The number of nitrogens with zero attached hydrogens (tertiary/aromatic N) is 2. The van der Waals surface area contributed by atoms with E-state index in [4.69, 9.17) is 9.52 Å². The molecule has 0 spiro atoms. The van der Waals surface area contributed by atoms with Crippen LogP contribution >= 0.6 is 11.3 Å². The molecule has 0 atom stereocenters. The molecule has 0 aliphatic rings. The fourth-order valence-electron chi connectivity index (χ4n) is 1.69. The van der Waals surface area contributed by atoms with E-state index in [2.05, 4.69) is 9.97 Å². The number of thiazole rings is 1. The molecular formula is C12H10N2O2S. The molecule has 4 nitrogen and oxygen atoms in total. The molecule has 1 N–H and O–H groups in total. The first-order valence-corrected chi connectivity index (χ1v) is 6.00. The number of benzene rings is 1. The van der Waals surface area contributed by atoms with Crippen LogP contribution in [0.1, 0.15) is 10.6 Å². The number of fused-ring (bicyclic) bond motifs is 1. The van der Waals surface area contributed by atoms with Crippen molar-refractivity contribution in [2.24, 2.45) is 0 Å². The third-order valence-corrected chi connectivity index (χ3v) is 3.81. The zero-order chi connectivity index (χ0) is 11.8. The summed E-state index contributed by atoms with van der Waals surface area (Å²) in [6, 6.07) is 5.79. The van der Waals surface area contributed by atoms with Gasteiger partial charge < -0.3 is 9.52 Å². The highest BCUT2D eigenvalue weighted by Gasteiger charge is 2.10. The van der Waals surface area contributed by atoms with Crippen molar-refractivity contribution >= 4 is 22.4 Å². The van der Waals surface area contributed by atoms with E-state index in [1.54, 1.807) is 0 Å². The molecule has 0 aliphatic carbocycles. The zero-order valence-electron chi connectivity index (χ0n) is 9.17. The first-order valence-electron chi connectivity index (χ1n) is 5.18. The molecular weight excluding hydrogens is 236 g/mol. The molecule has 2 aromatic heterocycles. The van der Waals surface area contributed by atoms with Crippen LogP contribution in [0.5, 0.6) is 0 Å². The minimum Gasteiger partial charge on any atom is -0.443 e. The van der Waals surface area contributed by atoms with Crippen molar-refractivity contribution in [3.05, 3.63) is 35.2 Å². The van der Waals surface area contributed by atoms with Gasteiger partial charge >= 0.3 is 0 Å². The van der Waals surface area contributed by atoms with Crippen molar-refractivity contribution in [3.8, 4) is 10.6 Å². The van der Waals surface area contributed by atoms with Crippen LogP contribution < -0.4 is 0 Å². The van der Waals surface area contributed by atoms with E-state index in [-0.39, 0.29) is 6.61 Å². The Labute approximate surface area is 102 Å². The molecule has 0 aliphatic heterocycles. The van der Waals surface area contributed by atoms with E-state index >= 15 is 0 Å². The van der Waals surface area contributed by atoms with Crippen molar-refractivity contribution in [1.82, 2.24) is 9.97 Å². The molecule has 0 radical (unpaired) electrons. The molecule has 0 bridgehead atoms. The Morgan fingerprint density at radius 3 is 3.06 bits per heavy atom. The largest absolute Gasteiger partial charge is 0.443 e. The third-order valence-electron chi connectivity index (χ3n) is 2.61. The molecule has 5 heteroatoms. The van der Waals surface area contributed by atoms with Crippen LogP contribution in [0, 0.1) is 6.92 Å². The van der Waals surface area contributed by atoms with Crippen LogP contribution in [0.25, 0.3) is 21.7 Å². The van der Waals surface area contributed by atoms with Gasteiger partial charge in [0.15, 0.2) is 12.0 Å². The number of hydrogen-bond acceptors (Lipinski definition) is 5. The van der Waals surface area contributed by atoms with Crippen LogP contribution in [0.3, 0.4) is 0 Å². The van der Waals surface area contributed by atoms with E-state index in [1.165, 1.54) is 17.7 Å². The summed E-state index contributed by atoms with van der Waals surface area (Å²) >= 11 is 1.50. The van der Waals surface area contributed by atoms with Gasteiger partial charge in [-0.15, -0.1) is 11.3 Å². The molecule has 0 fully saturated rings. The summed E-state index contributed by atoms with van der Waals surface area (Å²) in [6.45, 7) is 1.94. The smallest absolute Gasteiger partial charge is 0.181 e. The van der Waals surface area contributed by atoms with Gasteiger partial charge in [-0.25, -0.2) is 9.97 Å². The quantitative estimate of drug-likeness (QED) is 0.755. The summed E-state index contributed by atoms with van der Waals surface area (Å²) in [4.78, 5) is 9.41. The van der Waals surface area contributed by atoms with Crippen LogP contribution in [0.2, 0.25) is 0 Å². The minimum atomic E-state index is 0.0358. The van der Waals surface area contributed by atoms with Gasteiger partial charge in [0.05, 0.1) is 17.2 Å². The fourth-order valence-corrected chi connectivity index (χ4v) is 2.61. The highest BCUT2D eigenvalue weighted by molar-refractivity contribution is 7.15. The molecule has 3 rings (SSSR count). The van der Waals surface area contributed by atoms with Crippen molar-refractivity contribution in [2.75, 3.05) is 0 Å². The van der Waals surface area contributed by atoms with Gasteiger partial charge in [-0.1, -0.05) is 0 Å².